The first-order valence-electron chi connectivity index (χ1n) is 8.69. The van der Waals surface area contributed by atoms with Crippen LogP contribution in [0.3, 0.4) is 0 Å². The third-order valence-electron chi connectivity index (χ3n) is 5.02. The van der Waals surface area contributed by atoms with Crippen molar-refractivity contribution in [3.63, 3.8) is 0 Å². The van der Waals surface area contributed by atoms with Crippen LogP contribution in [0.2, 0.25) is 0 Å². The van der Waals surface area contributed by atoms with Crippen LogP contribution < -0.4 is 9.64 Å². The topological polar surface area (TPSA) is 68.1 Å². The number of nitro benzene ring substituents is 1. The van der Waals surface area contributed by atoms with Crippen molar-refractivity contribution in [3.8, 4) is 5.75 Å². The van der Waals surface area contributed by atoms with Gasteiger partial charge in [0, 0.05) is 55.4 Å². The van der Waals surface area contributed by atoms with Gasteiger partial charge in [-0.1, -0.05) is 0 Å². The molecule has 0 unspecified atom stereocenters. The molecule has 0 spiro atoms. The highest BCUT2D eigenvalue weighted by atomic mass is 79.9. The molecule has 3 rings (SSSR count). The Kier molecular flexibility index (Phi) is 6.14. The molecule has 0 radical (unpaired) electrons. The van der Waals surface area contributed by atoms with E-state index in [0.717, 1.165) is 68.8 Å². The van der Waals surface area contributed by atoms with E-state index in [1.807, 2.05) is 0 Å². The van der Waals surface area contributed by atoms with Crippen molar-refractivity contribution in [3.05, 3.63) is 26.7 Å². The van der Waals surface area contributed by atoms with Gasteiger partial charge in [0.2, 0.25) is 0 Å². The molecule has 0 amide bonds. The first kappa shape index (κ1) is 18.4. The second-order valence-electron chi connectivity index (χ2n) is 6.45. The molecule has 25 heavy (non-hydrogen) atoms. The maximum atomic E-state index is 11.1. The summed E-state index contributed by atoms with van der Waals surface area (Å²) in [6.45, 7) is 5.68. The lowest BCUT2D eigenvalue weighted by atomic mass is 10.0. The summed E-state index contributed by atoms with van der Waals surface area (Å²) >= 11 is 3.49. The molecule has 8 heteroatoms. The van der Waals surface area contributed by atoms with E-state index in [9.17, 15) is 10.1 Å². The standard InChI is InChI=1S/C17H24BrN3O4/c1-24-17-12-15(14(18)11-16(17)21(22)23)20-6-3-13(4-7-20)19-5-2-9-25-10-8-19/h11-13H,2-10H2,1H3. The molecule has 2 saturated heterocycles. The van der Waals surface area contributed by atoms with Crippen LogP contribution in [0.15, 0.2) is 16.6 Å². The fraction of sp³-hybridized carbons (Fsp3) is 0.647. The van der Waals surface area contributed by atoms with Crippen LogP contribution in [0.1, 0.15) is 19.3 Å². The number of methoxy groups -OCH3 is 1. The van der Waals surface area contributed by atoms with Gasteiger partial charge in [0.05, 0.1) is 24.3 Å². The Balaban J connectivity index is 1.69. The van der Waals surface area contributed by atoms with Crippen molar-refractivity contribution in [1.82, 2.24) is 4.90 Å². The Morgan fingerprint density at radius 2 is 2.00 bits per heavy atom. The second-order valence-corrected chi connectivity index (χ2v) is 7.31. The number of nitro groups is 1. The molecule has 0 aromatic heterocycles. The third-order valence-corrected chi connectivity index (χ3v) is 5.66. The maximum absolute atomic E-state index is 11.1. The summed E-state index contributed by atoms with van der Waals surface area (Å²) in [6, 6.07) is 3.89. The van der Waals surface area contributed by atoms with Gasteiger partial charge < -0.3 is 14.4 Å². The van der Waals surface area contributed by atoms with Crippen molar-refractivity contribution >= 4 is 27.3 Å². The van der Waals surface area contributed by atoms with Crippen LogP contribution in [-0.2, 0) is 4.74 Å². The van der Waals surface area contributed by atoms with E-state index in [-0.39, 0.29) is 5.69 Å². The predicted octanol–water partition coefficient (Wildman–Crippen LogP) is 3.06. The Hall–Kier alpha value is -1.38. The number of benzene rings is 1. The summed E-state index contributed by atoms with van der Waals surface area (Å²) in [6.07, 6.45) is 3.28. The highest BCUT2D eigenvalue weighted by Gasteiger charge is 2.27. The Bertz CT molecular complexity index is 612. The number of rotatable bonds is 4. The summed E-state index contributed by atoms with van der Waals surface area (Å²) in [5.74, 6) is 0.301. The molecule has 0 aliphatic carbocycles. The lowest BCUT2D eigenvalue weighted by molar-refractivity contribution is -0.385. The Morgan fingerprint density at radius 3 is 2.68 bits per heavy atom. The highest BCUT2D eigenvalue weighted by molar-refractivity contribution is 9.10. The zero-order chi connectivity index (χ0) is 17.8. The predicted molar refractivity (Wildman–Crippen MR) is 99.6 cm³/mol. The molecule has 1 aromatic carbocycles. The fourth-order valence-electron chi connectivity index (χ4n) is 3.68. The normalized spacial score (nSPS) is 20.3. The largest absolute Gasteiger partial charge is 0.490 e. The Labute approximate surface area is 156 Å². The summed E-state index contributed by atoms with van der Waals surface area (Å²) in [5.41, 5.74) is 0.942. The van der Waals surface area contributed by atoms with E-state index in [2.05, 4.69) is 25.7 Å². The average molecular weight is 414 g/mol. The second kappa shape index (κ2) is 8.33. The minimum absolute atomic E-state index is 0.0161. The van der Waals surface area contributed by atoms with Gasteiger partial charge >= 0.3 is 5.69 Å². The lowest BCUT2D eigenvalue weighted by Gasteiger charge is -2.39. The number of halogens is 1. The molecule has 0 bridgehead atoms. The van der Waals surface area contributed by atoms with E-state index in [4.69, 9.17) is 9.47 Å². The number of anilines is 1. The minimum atomic E-state index is -0.416. The average Bonchev–Trinajstić information content (AvgIpc) is 2.91. The van der Waals surface area contributed by atoms with Gasteiger partial charge in [0.1, 0.15) is 0 Å². The van der Waals surface area contributed by atoms with Crippen molar-refractivity contribution in [2.24, 2.45) is 0 Å². The van der Waals surface area contributed by atoms with Gasteiger partial charge in [-0.2, -0.15) is 0 Å². The number of hydrogen-bond acceptors (Lipinski definition) is 6. The molecule has 0 N–H and O–H groups in total. The summed E-state index contributed by atoms with van der Waals surface area (Å²) < 4.78 is 11.5. The minimum Gasteiger partial charge on any atom is -0.490 e. The molecule has 7 nitrogen and oxygen atoms in total. The zero-order valence-electron chi connectivity index (χ0n) is 14.4. The molecular formula is C17H24BrN3O4. The SMILES string of the molecule is COc1cc(N2CCC(N3CCCOCC3)CC2)c(Br)cc1[N+](=O)[O-]. The van der Waals surface area contributed by atoms with Crippen LogP contribution in [-0.4, -0.2) is 62.4 Å². The van der Waals surface area contributed by atoms with Crippen LogP contribution in [0, 0.1) is 10.1 Å². The van der Waals surface area contributed by atoms with Crippen LogP contribution >= 0.6 is 15.9 Å². The molecule has 0 saturated carbocycles. The summed E-state index contributed by atoms with van der Waals surface area (Å²) in [4.78, 5) is 15.6. The molecule has 2 fully saturated rings. The molecular weight excluding hydrogens is 390 g/mol. The van der Waals surface area contributed by atoms with E-state index >= 15 is 0 Å². The first-order valence-corrected chi connectivity index (χ1v) is 9.48. The van der Waals surface area contributed by atoms with Gasteiger partial charge in [-0.25, -0.2) is 0 Å². The van der Waals surface area contributed by atoms with Crippen molar-refractivity contribution in [2.75, 3.05) is 51.4 Å². The molecule has 2 heterocycles. The molecule has 1 aromatic rings. The van der Waals surface area contributed by atoms with Crippen molar-refractivity contribution in [1.29, 1.82) is 0 Å². The molecule has 2 aliphatic heterocycles. The molecule has 2 aliphatic rings. The highest BCUT2D eigenvalue weighted by Crippen LogP contribution is 2.39. The Morgan fingerprint density at radius 1 is 1.24 bits per heavy atom. The number of nitrogens with zero attached hydrogens (tertiary/aromatic N) is 3. The van der Waals surface area contributed by atoms with Gasteiger partial charge in [0.15, 0.2) is 5.75 Å². The van der Waals surface area contributed by atoms with Crippen LogP contribution in [0.4, 0.5) is 11.4 Å². The van der Waals surface area contributed by atoms with Gasteiger partial charge in [-0.3, -0.25) is 15.0 Å². The maximum Gasteiger partial charge on any atom is 0.312 e. The third kappa shape index (κ3) is 4.24. The van der Waals surface area contributed by atoms with E-state index in [1.165, 1.54) is 13.2 Å². The first-order chi connectivity index (χ1) is 12.1. The van der Waals surface area contributed by atoms with E-state index in [1.54, 1.807) is 6.07 Å². The smallest absolute Gasteiger partial charge is 0.312 e. The van der Waals surface area contributed by atoms with Gasteiger partial charge in [-0.05, 0) is 35.2 Å². The number of piperidine rings is 1. The number of ether oxygens (including phenoxy) is 2. The molecule has 0 atom stereocenters. The van der Waals surface area contributed by atoms with Crippen LogP contribution in [0.5, 0.6) is 5.75 Å². The van der Waals surface area contributed by atoms with Gasteiger partial charge in [-0.15, -0.1) is 0 Å². The molecule has 138 valence electrons. The summed E-state index contributed by atoms with van der Waals surface area (Å²) in [7, 11) is 1.47. The fourth-order valence-corrected chi connectivity index (χ4v) is 4.27. The van der Waals surface area contributed by atoms with Crippen molar-refractivity contribution < 1.29 is 14.4 Å². The zero-order valence-corrected chi connectivity index (χ0v) is 16.0. The van der Waals surface area contributed by atoms with Gasteiger partial charge in [0.25, 0.3) is 0 Å². The van der Waals surface area contributed by atoms with E-state index < -0.39 is 4.92 Å². The monoisotopic (exact) mass is 413 g/mol. The lowest BCUT2D eigenvalue weighted by Crippen LogP contribution is -2.46. The van der Waals surface area contributed by atoms with E-state index in [0.29, 0.717) is 11.8 Å². The summed E-state index contributed by atoms with van der Waals surface area (Å²) in [5, 5.41) is 11.1. The van der Waals surface area contributed by atoms with Crippen LogP contribution in [0.25, 0.3) is 0 Å². The van der Waals surface area contributed by atoms with Crippen molar-refractivity contribution in [2.45, 2.75) is 25.3 Å². The number of hydrogen-bond donors (Lipinski definition) is 0. The quantitative estimate of drug-likeness (QED) is 0.557.